The highest BCUT2D eigenvalue weighted by atomic mass is 32.2. The van der Waals surface area contributed by atoms with Gasteiger partial charge in [-0.2, -0.15) is 14.5 Å². The highest BCUT2D eigenvalue weighted by Gasteiger charge is 2.35. The molecule has 1 unspecified atom stereocenters. The summed E-state index contributed by atoms with van der Waals surface area (Å²) in [6, 6.07) is 1.71. The molecular weight excluding hydrogens is 314 g/mol. The molecule has 0 spiro atoms. The Kier molecular flexibility index (Phi) is 4.54. The Balaban J connectivity index is 1.98. The summed E-state index contributed by atoms with van der Waals surface area (Å²) in [5.74, 6) is 0. The molecule has 0 bridgehead atoms. The smallest absolute Gasteiger partial charge is 0.246 e. The molecule has 0 aromatic carbocycles. The van der Waals surface area contributed by atoms with Crippen LogP contribution in [0.4, 0.5) is 0 Å². The van der Waals surface area contributed by atoms with Crippen molar-refractivity contribution in [3.8, 4) is 0 Å². The molecule has 0 saturated carbocycles. The molecule has 0 amide bonds. The van der Waals surface area contributed by atoms with Crippen molar-refractivity contribution in [1.29, 1.82) is 0 Å². The van der Waals surface area contributed by atoms with E-state index in [1.54, 1.807) is 19.9 Å². The maximum Gasteiger partial charge on any atom is 0.246 e. The fourth-order valence-electron chi connectivity index (χ4n) is 3.06. The van der Waals surface area contributed by atoms with Gasteiger partial charge in [0.25, 0.3) is 0 Å². The first-order chi connectivity index (χ1) is 11.0. The first-order valence-corrected chi connectivity index (χ1v) is 9.50. The first kappa shape index (κ1) is 16.2. The molecule has 3 rings (SSSR count). The van der Waals surface area contributed by atoms with Crippen molar-refractivity contribution in [2.75, 3.05) is 6.54 Å². The van der Waals surface area contributed by atoms with Gasteiger partial charge in [0.2, 0.25) is 10.0 Å². The van der Waals surface area contributed by atoms with E-state index in [2.05, 4.69) is 10.2 Å². The van der Waals surface area contributed by atoms with E-state index in [4.69, 9.17) is 0 Å². The lowest BCUT2D eigenvalue weighted by Gasteiger charge is -2.27. The van der Waals surface area contributed by atoms with E-state index >= 15 is 0 Å². The second kappa shape index (κ2) is 6.45. The van der Waals surface area contributed by atoms with E-state index < -0.39 is 10.0 Å². The maximum absolute atomic E-state index is 13.1. The monoisotopic (exact) mass is 337 g/mol. The molecule has 23 heavy (non-hydrogen) atoms. The van der Waals surface area contributed by atoms with Crippen LogP contribution >= 0.6 is 0 Å². The molecule has 1 atom stereocenters. The fourth-order valence-corrected chi connectivity index (χ4v) is 4.69. The van der Waals surface area contributed by atoms with E-state index in [1.165, 1.54) is 6.20 Å². The fraction of sp³-hybridized carbons (Fsp3) is 0.600. The standard InChI is InChI=1S/C15H23N5O2S/c1-3-19-12-13(11-16-19)23(21,22)20-9-6-4-5-7-15(20)14-8-10-18(2)17-14/h8,10-12,15H,3-7,9H2,1-2H3. The summed E-state index contributed by atoms with van der Waals surface area (Å²) >= 11 is 0. The van der Waals surface area contributed by atoms with Gasteiger partial charge in [-0.05, 0) is 25.8 Å². The third kappa shape index (κ3) is 3.18. The van der Waals surface area contributed by atoms with E-state index in [0.29, 0.717) is 13.1 Å². The minimum Gasteiger partial charge on any atom is -0.275 e. The minimum absolute atomic E-state index is 0.200. The molecule has 1 fully saturated rings. The van der Waals surface area contributed by atoms with Gasteiger partial charge in [-0.25, -0.2) is 8.42 Å². The van der Waals surface area contributed by atoms with Crippen LogP contribution in [-0.4, -0.2) is 38.8 Å². The topological polar surface area (TPSA) is 73.0 Å². The Hall–Kier alpha value is -1.67. The molecule has 7 nitrogen and oxygen atoms in total. The number of aromatic nitrogens is 4. The number of hydrogen-bond acceptors (Lipinski definition) is 4. The van der Waals surface area contributed by atoms with Crippen LogP contribution in [0.25, 0.3) is 0 Å². The summed E-state index contributed by atoms with van der Waals surface area (Å²) in [5, 5.41) is 8.56. The van der Waals surface area contributed by atoms with Crippen molar-refractivity contribution in [2.24, 2.45) is 7.05 Å². The summed E-state index contributed by atoms with van der Waals surface area (Å²) in [5.41, 5.74) is 0.820. The summed E-state index contributed by atoms with van der Waals surface area (Å²) in [7, 11) is -1.71. The van der Waals surface area contributed by atoms with Crippen molar-refractivity contribution < 1.29 is 8.42 Å². The van der Waals surface area contributed by atoms with Crippen molar-refractivity contribution in [3.63, 3.8) is 0 Å². The third-order valence-electron chi connectivity index (χ3n) is 4.32. The van der Waals surface area contributed by atoms with Gasteiger partial charge < -0.3 is 0 Å². The van der Waals surface area contributed by atoms with Gasteiger partial charge in [-0.3, -0.25) is 9.36 Å². The van der Waals surface area contributed by atoms with E-state index in [0.717, 1.165) is 31.4 Å². The number of sulfonamides is 1. The molecule has 2 aromatic rings. The summed E-state index contributed by atoms with van der Waals surface area (Å²) in [4.78, 5) is 0.266. The highest BCUT2D eigenvalue weighted by Crippen LogP contribution is 2.33. The minimum atomic E-state index is -3.56. The molecule has 2 aromatic heterocycles. The van der Waals surface area contributed by atoms with Crippen molar-refractivity contribution >= 4 is 10.0 Å². The van der Waals surface area contributed by atoms with Crippen LogP contribution in [0, 0.1) is 0 Å². The SMILES string of the molecule is CCn1cc(S(=O)(=O)N2CCCCCC2c2ccn(C)n2)cn1. The Morgan fingerprint density at radius 1 is 1.30 bits per heavy atom. The molecule has 1 aliphatic heterocycles. The zero-order valence-corrected chi connectivity index (χ0v) is 14.4. The quantitative estimate of drug-likeness (QED) is 0.855. The van der Waals surface area contributed by atoms with Gasteiger partial charge in [-0.1, -0.05) is 12.8 Å². The largest absolute Gasteiger partial charge is 0.275 e. The average molecular weight is 337 g/mol. The van der Waals surface area contributed by atoms with Crippen molar-refractivity contribution in [1.82, 2.24) is 23.9 Å². The van der Waals surface area contributed by atoms with Crippen LogP contribution < -0.4 is 0 Å². The van der Waals surface area contributed by atoms with Gasteiger partial charge in [0.15, 0.2) is 0 Å². The number of rotatable bonds is 4. The van der Waals surface area contributed by atoms with E-state index in [1.807, 2.05) is 26.2 Å². The predicted molar refractivity (Wildman–Crippen MR) is 86.2 cm³/mol. The van der Waals surface area contributed by atoms with Crippen LogP contribution in [0.1, 0.15) is 44.3 Å². The Labute approximate surface area is 137 Å². The molecule has 0 radical (unpaired) electrons. The first-order valence-electron chi connectivity index (χ1n) is 8.06. The summed E-state index contributed by atoms with van der Waals surface area (Å²) in [6.45, 7) is 3.12. The lowest BCUT2D eigenvalue weighted by molar-refractivity contribution is 0.321. The Bertz CT molecular complexity index is 764. The van der Waals surface area contributed by atoms with Crippen molar-refractivity contribution in [2.45, 2.75) is 50.1 Å². The lowest BCUT2D eigenvalue weighted by Crippen LogP contribution is -2.35. The van der Waals surface area contributed by atoms with Gasteiger partial charge in [0.05, 0.1) is 17.9 Å². The zero-order chi connectivity index (χ0) is 16.4. The number of aryl methyl sites for hydroxylation is 2. The number of nitrogens with zero attached hydrogens (tertiary/aromatic N) is 5. The van der Waals surface area contributed by atoms with Crippen LogP contribution in [0.5, 0.6) is 0 Å². The van der Waals surface area contributed by atoms with Gasteiger partial charge in [-0.15, -0.1) is 0 Å². The van der Waals surface area contributed by atoms with Gasteiger partial charge >= 0.3 is 0 Å². The van der Waals surface area contributed by atoms with Crippen LogP contribution in [-0.2, 0) is 23.6 Å². The summed E-state index contributed by atoms with van der Waals surface area (Å²) in [6.07, 6.45) is 8.66. The highest BCUT2D eigenvalue weighted by molar-refractivity contribution is 7.89. The Morgan fingerprint density at radius 2 is 2.13 bits per heavy atom. The molecule has 8 heteroatoms. The van der Waals surface area contributed by atoms with Gasteiger partial charge in [0.1, 0.15) is 4.90 Å². The zero-order valence-electron chi connectivity index (χ0n) is 13.6. The van der Waals surface area contributed by atoms with Crippen LogP contribution in [0.15, 0.2) is 29.6 Å². The predicted octanol–water partition coefficient (Wildman–Crippen LogP) is 1.94. The number of hydrogen-bond donors (Lipinski definition) is 0. The molecule has 126 valence electrons. The molecule has 3 heterocycles. The van der Waals surface area contributed by atoms with E-state index in [9.17, 15) is 8.42 Å². The van der Waals surface area contributed by atoms with Crippen LogP contribution in [0.3, 0.4) is 0 Å². The Morgan fingerprint density at radius 3 is 2.78 bits per heavy atom. The molecule has 1 aliphatic rings. The normalized spacial score (nSPS) is 20.5. The maximum atomic E-state index is 13.1. The molecular formula is C15H23N5O2S. The summed E-state index contributed by atoms with van der Waals surface area (Å²) < 4.78 is 31.2. The lowest BCUT2D eigenvalue weighted by atomic mass is 10.1. The molecule has 0 aliphatic carbocycles. The molecule has 1 saturated heterocycles. The van der Waals surface area contributed by atoms with Crippen LogP contribution in [0.2, 0.25) is 0 Å². The average Bonchev–Trinajstić information content (AvgIpc) is 3.10. The van der Waals surface area contributed by atoms with E-state index in [-0.39, 0.29) is 10.9 Å². The molecule has 0 N–H and O–H groups in total. The second-order valence-corrected chi connectivity index (χ2v) is 7.82. The van der Waals surface area contributed by atoms with Gasteiger partial charge in [0, 0.05) is 32.5 Å². The second-order valence-electron chi connectivity index (χ2n) is 5.93. The third-order valence-corrected chi connectivity index (χ3v) is 6.18. The van der Waals surface area contributed by atoms with Crippen molar-refractivity contribution in [3.05, 3.63) is 30.4 Å².